The zero-order valence-corrected chi connectivity index (χ0v) is 18.0. The van der Waals surface area contributed by atoms with Gasteiger partial charge in [0.25, 0.3) is 0 Å². The number of nitrogens with zero attached hydrogens (tertiary/aromatic N) is 1. The lowest BCUT2D eigenvalue weighted by atomic mass is 10.1. The van der Waals surface area contributed by atoms with E-state index in [9.17, 15) is 4.79 Å². The highest BCUT2D eigenvalue weighted by atomic mass is 16.5. The fourth-order valence-corrected chi connectivity index (χ4v) is 2.59. The van der Waals surface area contributed by atoms with Gasteiger partial charge in [0.1, 0.15) is 13.2 Å². The molecule has 0 spiro atoms. The third kappa shape index (κ3) is 21.0. The first-order chi connectivity index (χ1) is 12.5. The molecule has 0 heterocycles. The molecule has 0 saturated heterocycles. The summed E-state index contributed by atoms with van der Waals surface area (Å²) in [5, 5.41) is 0. The summed E-state index contributed by atoms with van der Waals surface area (Å²) in [7, 11) is 6.32. The van der Waals surface area contributed by atoms with Crippen molar-refractivity contribution < 1.29 is 14.0 Å². The van der Waals surface area contributed by atoms with Gasteiger partial charge in [-0.25, -0.2) is 0 Å². The second kappa shape index (κ2) is 17.3. The van der Waals surface area contributed by atoms with E-state index in [4.69, 9.17) is 4.74 Å². The van der Waals surface area contributed by atoms with Crippen LogP contribution in [0.4, 0.5) is 0 Å². The maximum atomic E-state index is 11.6. The van der Waals surface area contributed by atoms with Gasteiger partial charge in [-0.15, -0.1) is 0 Å². The smallest absolute Gasteiger partial charge is 0.305 e. The molecule has 0 rings (SSSR count). The summed E-state index contributed by atoms with van der Waals surface area (Å²) in [5.74, 6) is -0.0378. The number of quaternary nitrogens is 1. The number of esters is 1. The average molecular weight is 367 g/mol. The highest BCUT2D eigenvalue weighted by Crippen LogP contribution is 2.08. The average Bonchev–Trinajstić information content (AvgIpc) is 2.57. The lowest BCUT2D eigenvalue weighted by Crippen LogP contribution is -2.37. The molecule has 0 amide bonds. The van der Waals surface area contributed by atoms with Gasteiger partial charge in [0, 0.05) is 6.42 Å². The summed E-state index contributed by atoms with van der Waals surface area (Å²) in [6.07, 6.45) is 23.0. The monoisotopic (exact) mass is 366 g/mol. The quantitative estimate of drug-likeness (QED) is 0.136. The molecular formula is C23H44NO2+. The minimum absolute atomic E-state index is 0.0378. The second-order valence-electron chi connectivity index (χ2n) is 8.22. The van der Waals surface area contributed by atoms with Crippen LogP contribution < -0.4 is 0 Å². The SMILES string of the molecule is CCCCC/C=C\C/C=C\CCCCCCCC(=O)OCC[N+](C)(C)C. The molecule has 3 heteroatoms. The lowest BCUT2D eigenvalue weighted by Gasteiger charge is -2.23. The number of hydrogen-bond acceptors (Lipinski definition) is 2. The first kappa shape index (κ1) is 24.9. The van der Waals surface area contributed by atoms with Gasteiger partial charge in [-0.1, -0.05) is 63.3 Å². The summed E-state index contributed by atoms with van der Waals surface area (Å²) >= 11 is 0. The Kier molecular flexibility index (Phi) is 16.6. The zero-order chi connectivity index (χ0) is 19.5. The number of carbonyl (C=O) groups excluding carboxylic acids is 1. The molecule has 0 aliphatic heterocycles. The molecular weight excluding hydrogens is 322 g/mol. The summed E-state index contributed by atoms with van der Waals surface area (Å²) < 4.78 is 6.10. The van der Waals surface area contributed by atoms with Gasteiger partial charge in [-0.3, -0.25) is 4.79 Å². The Morgan fingerprint density at radius 1 is 0.808 bits per heavy atom. The van der Waals surface area contributed by atoms with E-state index in [1.807, 2.05) is 0 Å². The molecule has 0 aliphatic carbocycles. The minimum Gasteiger partial charge on any atom is -0.460 e. The van der Waals surface area contributed by atoms with E-state index in [1.165, 1.54) is 51.4 Å². The molecule has 0 aromatic rings. The van der Waals surface area contributed by atoms with E-state index in [-0.39, 0.29) is 5.97 Å². The number of ether oxygens (including phenoxy) is 1. The van der Waals surface area contributed by atoms with Crippen molar-refractivity contribution in [1.29, 1.82) is 0 Å². The molecule has 0 atom stereocenters. The maximum Gasteiger partial charge on any atom is 0.305 e. The van der Waals surface area contributed by atoms with Gasteiger partial charge in [-0.05, 0) is 38.5 Å². The van der Waals surface area contributed by atoms with Crippen molar-refractivity contribution in [2.45, 2.75) is 84.0 Å². The predicted molar refractivity (Wildman–Crippen MR) is 113 cm³/mol. The molecule has 0 aliphatic rings. The number of likely N-dealkylation sites (N-methyl/N-ethyl adjacent to an activating group) is 1. The van der Waals surface area contributed by atoms with Gasteiger partial charge in [0.15, 0.2) is 0 Å². The van der Waals surface area contributed by atoms with Crippen LogP contribution >= 0.6 is 0 Å². The van der Waals surface area contributed by atoms with Gasteiger partial charge in [0.2, 0.25) is 0 Å². The van der Waals surface area contributed by atoms with E-state index in [0.29, 0.717) is 13.0 Å². The van der Waals surface area contributed by atoms with Crippen LogP contribution in [0.15, 0.2) is 24.3 Å². The zero-order valence-electron chi connectivity index (χ0n) is 18.0. The first-order valence-electron chi connectivity index (χ1n) is 10.7. The van der Waals surface area contributed by atoms with Crippen molar-refractivity contribution in [2.24, 2.45) is 0 Å². The Morgan fingerprint density at radius 2 is 1.38 bits per heavy atom. The van der Waals surface area contributed by atoms with Crippen molar-refractivity contribution in [3.63, 3.8) is 0 Å². The van der Waals surface area contributed by atoms with Crippen LogP contribution in [0, 0.1) is 0 Å². The Hall–Kier alpha value is -1.09. The van der Waals surface area contributed by atoms with E-state index in [1.54, 1.807) is 0 Å². The molecule has 26 heavy (non-hydrogen) atoms. The van der Waals surface area contributed by atoms with Crippen LogP contribution in [0.25, 0.3) is 0 Å². The molecule has 152 valence electrons. The summed E-state index contributed by atoms with van der Waals surface area (Å²) in [6.45, 7) is 3.64. The molecule has 0 bridgehead atoms. The molecule has 3 nitrogen and oxygen atoms in total. The standard InChI is InChI=1S/C23H44NO2/c1-5-6-7-8-9-10-11-12-13-14-15-16-17-18-19-20-23(25)26-22-21-24(2,3)4/h9-10,12-13H,5-8,11,14-22H2,1-4H3/q+1/b10-9-,13-12-. The van der Waals surface area contributed by atoms with Gasteiger partial charge < -0.3 is 9.22 Å². The van der Waals surface area contributed by atoms with Crippen molar-refractivity contribution in [1.82, 2.24) is 0 Å². The van der Waals surface area contributed by atoms with Crippen LogP contribution in [-0.2, 0) is 9.53 Å². The van der Waals surface area contributed by atoms with Crippen molar-refractivity contribution >= 4 is 5.97 Å². The van der Waals surface area contributed by atoms with E-state index in [0.717, 1.165) is 30.3 Å². The number of carbonyl (C=O) groups is 1. The number of allylic oxidation sites excluding steroid dienone is 4. The van der Waals surface area contributed by atoms with Crippen LogP contribution in [0.2, 0.25) is 0 Å². The normalized spacial score (nSPS) is 12.3. The molecule has 0 saturated carbocycles. The topological polar surface area (TPSA) is 26.3 Å². The summed E-state index contributed by atoms with van der Waals surface area (Å²) in [6, 6.07) is 0. The fraction of sp³-hybridized carbons (Fsp3) is 0.783. The van der Waals surface area contributed by atoms with E-state index < -0.39 is 0 Å². The highest BCUT2D eigenvalue weighted by Gasteiger charge is 2.08. The highest BCUT2D eigenvalue weighted by molar-refractivity contribution is 5.69. The van der Waals surface area contributed by atoms with Crippen LogP contribution in [0.1, 0.15) is 84.0 Å². The molecule has 0 radical (unpaired) electrons. The summed E-state index contributed by atoms with van der Waals surface area (Å²) in [4.78, 5) is 11.6. The van der Waals surface area contributed by atoms with Crippen molar-refractivity contribution in [2.75, 3.05) is 34.3 Å². The lowest BCUT2D eigenvalue weighted by molar-refractivity contribution is -0.870. The molecule has 0 fully saturated rings. The van der Waals surface area contributed by atoms with Gasteiger partial charge in [-0.2, -0.15) is 0 Å². The molecule has 0 aromatic heterocycles. The third-order valence-electron chi connectivity index (χ3n) is 4.36. The number of unbranched alkanes of at least 4 members (excludes halogenated alkanes) is 8. The summed E-state index contributed by atoms with van der Waals surface area (Å²) in [5.41, 5.74) is 0. The molecule has 0 aromatic carbocycles. The Balaban J connectivity index is 3.33. The van der Waals surface area contributed by atoms with Crippen LogP contribution in [-0.4, -0.2) is 44.7 Å². The largest absolute Gasteiger partial charge is 0.460 e. The van der Waals surface area contributed by atoms with Gasteiger partial charge >= 0.3 is 5.97 Å². The maximum absolute atomic E-state index is 11.6. The van der Waals surface area contributed by atoms with Crippen LogP contribution in [0.3, 0.4) is 0 Å². The first-order valence-corrected chi connectivity index (χ1v) is 10.7. The predicted octanol–water partition coefficient (Wildman–Crippen LogP) is 6.05. The van der Waals surface area contributed by atoms with Crippen LogP contribution in [0.5, 0.6) is 0 Å². The number of hydrogen-bond donors (Lipinski definition) is 0. The van der Waals surface area contributed by atoms with Gasteiger partial charge in [0.05, 0.1) is 21.1 Å². The third-order valence-corrected chi connectivity index (χ3v) is 4.36. The Morgan fingerprint density at radius 3 is 2.00 bits per heavy atom. The van der Waals surface area contributed by atoms with E-state index in [2.05, 4.69) is 52.4 Å². The van der Waals surface area contributed by atoms with Crippen molar-refractivity contribution in [3.8, 4) is 0 Å². The molecule has 0 N–H and O–H groups in total. The number of rotatable bonds is 17. The molecule has 0 unspecified atom stereocenters. The van der Waals surface area contributed by atoms with E-state index >= 15 is 0 Å². The van der Waals surface area contributed by atoms with Crippen molar-refractivity contribution in [3.05, 3.63) is 24.3 Å². The minimum atomic E-state index is -0.0378. The fourth-order valence-electron chi connectivity index (χ4n) is 2.59. The Bertz CT molecular complexity index is 380. The Labute approximate surface area is 163 Å². The second-order valence-corrected chi connectivity index (χ2v) is 8.22.